The van der Waals surface area contributed by atoms with Crippen LogP contribution in [0.2, 0.25) is 0 Å². The van der Waals surface area contributed by atoms with Crippen molar-refractivity contribution in [2.75, 3.05) is 0 Å². The molecule has 0 saturated carbocycles. The molecule has 0 aromatic heterocycles. The number of carbonyl (C=O) groups is 3. The van der Waals surface area contributed by atoms with E-state index in [1.165, 1.54) is 19.1 Å². The summed E-state index contributed by atoms with van der Waals surface area (Å²) in [6.45, 7) is 6.62. The minimum absolute atomic E-state index is 0.0637. The fraction of sp³-hybridized carbons (Fsp3) is 0.615. The molecule has 0 radical (unpaired) electrons. The normalized spacial score (nSPS) is 11.8. The fourth-order valence-electron chi connectivity index (χ4n) is 1.32. The summed E-state index contributed by atoms with van der Waals surface area (Å²) in [6, 6.07) is 0. The zero-order valence-corrected chi connectivity index (χ0v) is 10.5. The van der Waals surface area contributed by atoms with E-state index in [1.54, 1.807) is 6.92 Å². The van der Waals surface area contributed by atoms with Gasteiger partial charge in [-0.3, -0.25) is 9.59 Å². The van der Waals surface area contributed by atoms with Crippen LogP contribution in [0.5, 0.6) is 0 Å². The average molecular weight is 224 g/mol. The van der Waals surface area contributed by atoms with Crippen LogP contribution >= 0.6 is 0 Å². The molecule has 0 aliphatic carbocycles. The molecule has 3 heteroatoms. The van der Waals surface area contributed by atoms with Crippen molar-refractivity contribution >= 4 is 17.3 Å². The maximum Gasteiger partial charge on any atom is 0.161 e. The van der Waals surface area contributed by atoms with Gasteiger partial charge in [0.05, 0.1) is 0 Å². The van der Waals surface area contributed by atoms with Gasteiger partial charge in [-0.1, -0.05) is 13.8 Å². The molecule has 0 saturated heterocycles. The van der Waals surface area contributed by atoms with E-state index >= 15 is 0 Å². The van der Waals surface area contributed by atoms with Gasteiger partial charge in [0.25, 0.3) is 0 Å². The monoisotopic (exact) mass is 224 g/mol. The third-order valence-electron chi connectivity index (χ3n) is 2.47. The van der Waals surface area contributed by atoms with Gasteiger partial charge in [0.1, 0.15) is 5.78 Å². The van der Waals surface area contributed by atoms with Crippen LogP contribution in [0.4, 0.5) is 0 Å². The van der Waals surface area contributed by atoms with Gasteiger partial charge in [0, 0.05) is 11.8 Å². The molecule has 0 N–H and O–H groups in total. The molecule has 0 rings (SSSR count). The van der Waals surface area contributed by atoms with E-state index in [2.05, 4.69) is 0 Å². The van der Waals surface area contributed by atoms with Crippen molar-refractivity contribution in [3.63, 3.8) is 0 Å². The predicted octanol–water partition coefficient (Wildman–Crippen LogP) is 2.49. The first-order chi connectivity index (χ1) is 7.25. The fourth-order valence-corrected chi connectivity index (χ4v) is 1.32. The molecule has 0 fully saturated rings. The SMILES string of the molecule is CC(=O)/C=C/C(=O)C(C)(C)CCCC(C)=O. The van der Waals surface area contributed by atoms with Crippen LogP contribution < -0.4 is 0 Å². The van der Waals surface area contributed by atoms with Crippen LogP contribution in [0.15, 0.2) is 12.2 Å². The molecule has 0 spiro atoms. The highest BCUT2D eigenvalue weighted by molar-refractivity contribution is 6.00. The second kappa shape index (κ2) is 6.36. The molecule has 0 bridgehead atoms. The molecule has 0 aromatic rings. The van der Waals surface area contributed by atoms with E-state index in [0.717, 1.165) is 0 Å². The molecule has 0 unspecified atom stereocenters. The lowest BCUT2D eigenvalue weighted by atomic mass is 9.82. The number of Topliss-reactive ketones (excluding diaryl/α,β-unsaturated/α-hetero) is 1. The van der Waals surface area contributed by atoms with E-state index in [1.807, 2.05) is 13.8 Å². The van der Waals surface area contributed by atoms with Gasteiger partial charge in [0.15, 0.2) is 11.6 Å². The summed E-state index contributed by atoms with van der Waals surface area (Å²) in [5.74, 6) is -0.0540. The Hall–Kier alpha value is -1.25. The Labute approximate surface area is 96.9 Å². The van der Waals surface area contributed by atoms with E-state index in [-0.39, 0.29) is 17.3 Å². The Balaban J connectivity index is 4.25. The van der Waals surface area contributed by atoms with Crippen LogP contribution in [0.1, 0.15) is 47.0 Å². The third-order valence-corrected chi connectivity index (χ3v) is 2.47. The van der Waals surface area contributed by atoms with Crippen molar-refractivity contribution in [2.24, 2.45) is 5.41 Å². The van der Waals surface area contributed by atoms with Crippen molar-refractivity contribution in [3.8, 4) is 0 Å². The van der Waals surface area contributed by atoms with Crippen molar-refractivity contribution in [1.82, 2.24) is 0 Å². The zero-order valence-electron chi connectivity index (χ0n) is 10.5. The van der Waals surface area contributed by atoms with Crippen LogP contribution in [0.25, 0.3) is 0 Å². The first kappa shape index (κ1) is 14.8. The maximum atomic E-state index is 11.7. The largest absolute Gasteiger partial charge is 0.300 e. The van der Waals surface area contributed by atoms with Gasteiger partial charge in [0.2, 0.25) is 0 Å². The van der Waals surface area contributed by atoms with E-state index in [4.69, 9.17) is 0 Å². The Kier molecular flexibility index (Phi) is 5.86. The first-order valence-electron chi connectivity index (χ1n) is 5.48. The van der Waals surface area contributed by atoms with Crippen molar-refractivity contribution < 1.29 is 14.4 Å². The summed E-state index contributed by atoms with van der Waals surface area (Å²) in [6.07, 6.45) is 4.49. The Morgan fingerprint density at radius 3 is 2.06 bits per heavy atom. The molecule has 3 nitrogen and oxygen atoms in total. The quantitative estimate of drug-likeness (QED) is 0.624. The summed E-state index contributed by atoms with van der Waals surface area (Å²) in [5.41, 5.74) is -0.499. The van der Waals surface area contributed by atoms with E-state index < -0.39 is 5.41 Å². The average Bonchev–Trinajstić information content (AvgIpc) is 2.12. The van der Waals surface area contributed by atoms with Crippen molar-refractivity contribution in [2.45, 2.75) is 47.0 Å². The highest BCUT2D eigenvalue weighted by atomic mass is 16.1. The summed E-state index contributed by atoms with van der Waals surface area (Å²) in [7, 11) is 0. The second-order valence-electron chi connectivity index (χ2n) is 4.75. The van der Waals surface area contributed by atoms with Crippen molar-refractivity contribution in [1.29, 1.82) is 0 Å². The zero-order chi connectivity index (χ0) is 12.8. The molecule has 0 aromatic carbocycles. The van der Waals surface area contributed by atoms with Crippen LogP contribution in [-0.4, -0.2) is 17.3 Å². The molecule has 0 atom stereocenters. The molecular formula is C13H20O3. The van der Waals surface area contributed by atoms with Gasteiger partial charge >= 0.3 is 0 Å². The second-order valence-corrected chi connectivity index (χ2v) is 4.75. The Bertz CT molecular complexity index is 311. The van der Waals surface area contributed by atoms with Gasteiger partial charge < -0.3 is 4.79 Å². The molecule has 0 heterocycles. The van der Waals surface area contributed by atoms with Gasteiger partial charge in [-0.15, -0.1) is 0 Å². The lowest BCUT2D eigenvalue weighted by Gasteiger charge is -2.20. The summed E-state index contributed by atoms with van der Waals surface area (Å²) in [4.78, 5) is 33.2. The minimum atomic E-state index is -0.499. The maximum absolute atomic E-state index is 11.7. The lowest BCUT2D eigenvalue weighted by Crippen LogP contribution is -2.22. The molecule has 90 valence electrons. The summed E-state index contributed by atoms with van der Waals surface area (Å²) < 4.78 is 0. The van der Waals surface area contributed by atoms with Gasteiger partial charge in [-0.05, 0) is 38.8 Å². The van der Waals surface area contributed by atoms with E-state index in [9.17, 15) is 14.4 Å². The number of ketones is 3. The number of carbonyl (C=O) groups excluding carboxylic acids is 3. The predicted molar refractivity (Wildman–Crippen MR) is 63.1 cm³/mol. The minimum Gasteiger partial charge on any atom is -0.300 e. The van der Waals surface area contributed by atoms with Gasteiger partial charge in [-0.25, -0.2) is 0 Å². The number of rotatable bonds is 7. The molecule has 0 aliphatic rings. The van der Waals surface area contributed by atoms with Crippen LogP contribution in [0, 0.1) is 5.41 Å². The summed E-state index contributed by atoms with van der Waals surface area (Å²) >= 11 is 0. The third kappa shape index (κ3) is 6.27. The smallest absolute Gasteiger partial charge is 0.161 e. The van der Waals surface area contributed by atoms with Gasteiger partial charge in [-0.2, -0.15) is 0 Å². The number of hydrogen-bond donors (Lipinski definition) is 0. The summed E-state index contributed by atoms with van der Waals surface area (Å²) in [5, 5.41) is 0. The highest BCUT2D eigenvalue weighted by Gasteiger charge is 2.24. The molecular weight excluding hydrogens is 204 g/mol. The number of allylic oxidation sites excluding steroid dienone is 2. The Morgan fingerprint density at radius 2 is 1.62 bits per heavy atom. The van der Waals surface area contributed by atoms with Crippen LogP contribution in [0.3, 0.4) is 0 Å². The first-order valence-corrected chi connectivity index (χ1v) is 5.48. The molecule has 0 amide bonds. The van der Waals surface area contributed by atoms with E-state index in [0.29, 0.717) is 19.3 Å². The van der Waals surface area contributed by atoms with Crippen molar-refractivity contribution in [3.05, 3.63) is 12.2 Å². The highest BCUT2D eigenvalue weighted by Crippen LogP contribution is 2.25. The lowest BCUT2D eigenvalue weighted by molar-refractivity contribution is -0.123. The topological polar surface area (TPSA) is 51.2 Å². The standard InChI is InChI=1S/C13H20O3/c1-10(14)6-5-9-13(3,4)12(16)8-7-11(2)15/h7-8H,5-6,9H2,1-4H3/b8-7+. The number of hydrogen-bond acceptors (Lipinski definition) is 3. The Morgan fingerprint density at radius 1 is 1.06 bits per heavy atom. The molecule has 0 aliphatic heterocycles. The molecule has 16 heavy (non-hydrogen) atoms. The van der Waals surface area contributed by atoms with Crippen LogP contribution in [-0.2, 0) is 14.4 Å².